The van der Waals surface area contributed by atoms with E-state index in [1.807, 2.05) is 0 Å². The van der Waals surface area contributed by atoms with Crippen LogP contribution in [0, 0.1) is 0 Å². The van der Waals surface area contributed by atoms with Crippen LogP contribution >= 0.6 is 0 Å². The number of halogens is 1. The van der Waals surface area contributed by atoms with Crippen molar-refractivity contribution in [1.29, 1.82) is 0 Å². The first-order valence-corrected chi connectivity index (χ1v) is 3.44. The van der Waals surface area contributed by atoms with Gasteiger partial charge in [-0.15, -0.1) is 0 Å². The molecule has 0 aliphatic carbocycles. The summed E-state index contributed by atoms with van der Waals surface area (Å²) in [5, 5.41) is 0. The van der Waals surface area contributed by atoms with E-state index in [0.29, 0.717) is 0 Å². The van der Waals surface area contributed by atoms with Crippen molar-refractivity contribution in [2.45, 2.75) is 19.8 Å². The summed E-state index contributed by atoms with van der Waals surface area (Å²) in [5.74, 6) is -0.989. The van der Waals surface area contributed by atoms with Crippen LogP contribution in [0.3, 0.4) is 0 Å². The molecule has 0 saturated carbocycles. The van der Waals surface area contributed by atoms with Gasteiger partial charge in [-0.05, 0) is 6.92 Å². The maximum Gasteiger partial charge on any atom is 0.313 e. The van der Waals surface area contributed by atoms with Gasteiger partial charge in [0.2, 0.25) is 0 Å². The van der Waals surface area contributed by atoms with Crippen molar-refractivity contribution in [3.8, 4) is 0 Å². The molecule has 0 aromatic carbocycles. The highest BCUT2D eigenvalue weighted by molar-refractivity contribution is 5.95. The Bertz CT molecular complexity index is 129. The highest BCUT2D eigenvalue weighted by Crippen LogP contribution is 1.93. The summed E-state index contributed by atoms with van der Waals surface area (Å²) in [6.45, 7) is 1.19. The molecule has 0 spiro atoms. The Kier molecular flexibility index (Phi) is 5.33. The van der Waals surface area contributed by atoms with Crippen LogP contribution in [-0.4, -0.2) is 25.0 Å². The van der Waals surface area contributed by atoms with Gasteiger partial charge in [-0.3, -0.25) is 14.0 Å². The van der Waals surface area contributed by atoms with Crippen molar-refractivity contribution < 1.29 is 18.7 Å². The molecule has 0 unspecified atom stereocenters. The molecule has 0 N–H and O–H groups in total. The number of rotatable bonds is 5. The third kappa shape index (κ3) is 5.51. The van der Waals surface area contributed by atoms with Crippen LogP contribution < -0.4 is 0 Å². The quantitative estimate of drug-likeness (QED) is 0.445. The van der Waals surface area contributed by atoms with Crippen LogP contribution in [-0.2, 0) is 14.3 Å². The molecular formula is C7H11FO3. The first kappa shape index (κ1) is 10.1. The van der Waals surface area contributed by atoms with E-state index in [9.17, 15) is 14.0 Å². The first-order valence-electron chi connectivity index (χ1n) is 3.44. The molecule has 4 heteroatoms. The standard InChI is InChI=1S/C7H11FO3/c1-2-11-7(10)5-6(9)3-4-8/h2-5H2,1H3. The van der Waals surface area contributed by atoms with Gasteiger partial charge in [-0.2, -0.15) is 0 Å². The molecule has 64 valence electrons. The minimum Gasteiger partial charge on any atom is -0.466 e. The largest absolute Gasteiger partial charge is 0.466 e. The van der Waals surface area contributed by atoms with Gasteiger partial charge in [0.05, 0.1) is 13.3 Å². The molecule has 0 aliphatic heterocycles. The van der Waals surface area contributed by atoms with Crippen LogP contribution in [0.2, 0.25) is 0 Å². The van der Waals surface area contributed by atoms with Gasteiger partial charge in [0.25, 0.3) is 0 Å². The monoisotopic (exact) mass is 162 g/mol. The van der Waals surface area contributed by atoms with Crippen LogP contribution in [0.4, 0.5) is 4.39 Å². The third-order valence-electron chi connectivity index (χ3n) is 1.02. The number of esters is 1. The number of carbonyl (C=O) groups is 2. The average molecular weight is 162 g/mol. The molecule has 0 aromatic rings. The number of hydrogen-bond donors (Lipinski definition) is 0. The molecule has 0 saturated heterocycles. The third-order valence-corrected chi connectivity index (χ3v) is 1.02. The molecule has 3 nitrogen and oxygen atoms in total. The summed E-state index contributed by atoms with van der Waals surface area (Å²) < 4.78 is 16.0. The smallest absolute Gasteiger partial charge is 0.313 e. The van der Waals surface area contributed by atoms with Crippen molar-refractivity contribution in [1.82, 2.24) is 0 Å². The normalized spacial score (nSPS) is 9.27. The molecule has 0 rings (SSSR count). The van der Waals surface area contributed by atoms with Crippen LogP contribution in [0.5, 0.6) is 0 Å². The van der Waals surface area contributed by atoms with Gasteiger partial charge >= 0.3 is 5.97 Å². The second-order valence-corrected chi connectivity index (χ2v) is 1.96. The lowest BCUT2D eigenvalue weighted by molar-refractivity contribution is -0.145. The molecule has 0 aliphatic rings. The van der Waals surface area contributed by atoms with E-state index in [1.54, 1.807) is 6.92 Å². The minimum absolute atomic E-state index is 0.196. The van der Waals surface area contributed by atoms with Crippen LogP contribution in [0.15, 0.2) is 0 Å². The van der Waals surface area contributed by atoms with Crippen LogP contribution in [0.1, 0.15) is 19.8 Å². The molecule has 11 heavy (non-hydrogen) atoms. The number of carbonyl (C=O) groups excluding carboxylic acids is 2. The van der Waals surface area contributed by atoms with Gasteiger partial charge < -0.3 is 4.74 Å². The Morgan fingerprint density at radius 3 is 2.55 bits per heavy atom. The van der Waals surface area contributed by atoms with E-state index in [-0.39, 0.29) is 19.4 Å². The van der Waals surface area contributed by atoms with Crippen LogP contribution in [0.25, 0.3) is 0 Å². The Labute approximate surface area is 64.5 Å². The summed E-state index contributed by atoms with van der Waals surface area (Å²) >= 11 is 0. The van der Waals surface area contributed by atoms with E-state index in [0.717, 1.165) is 0 Å². The summed E-state index contributed by atoms with van der Waals surface area (Å²) in [7, 11) is 0. The SMILES string of the molecule is CCOC(=O)CC(=O)CCF. The Hall–Kier alpha value is -0.930. The fourth-order valence-corrected chi connectivity index (χ4v) is 0.567. The van der Waals surface area contributed by atoms with E-state index < -0.39 is 18.4 Å². The molecule has 0 bridgehead atoms. The highest BCUT2D eigenvalue weighted by atomic mass is 19.1. The Morgan fingerprint density at radius 1 is 1.45 bits per heavy atom. The maximum atomic E-state index is 11.5. The maximum absolute atomic E-state index is 11.5. The van der Waals surface area contributed by atoms with Crippen molar-refractivity contribution >= 4 is 11.8 Å². The van der Waals surface area contributed by atoms with Gasteiger partial charge in [0.15, 0.2) is 0 Å². The topological polar surface area (TPSA) is 43.4 Å². The zero-order chi connectivity index (χ0) is 8.69. The molecule has 0 fully saturated rings. The minimum atomic E-state index is -0.710. The average Bonchev–Trinajstić information content (AvgIpc) is 1.87. The Balaban J connectivity index is 3.49. The second-order valence-electron chi connectivity index (χ2n) is 1.96. The summed E-state index contributed by atoms with van der Waals surface area (Å²) in [6.07, 6.45) is -0.503. The van der Waals surface area contributed by atoms with Crippen molar-refractivity contribution in [3.05, 3.63) is 0 Å². The molecule has 0 amide bonds. The van der Waals surface area contributed by atoms with Crippen molar-refractivity contribution in [3.63, 3.8) is 0 Å². The summed E-state index contributed by atoms with van der Waals surface area (Å²) in [6, 6.07) is 0. The molecule has 0 heterocycles. The van der Waals surface area contributed by atoms with Gasteiger partial charge in [-0.25, -0.2) is 0 Å². The first-order chi connectivity index (χ1) is 5.20. The zero-order valence-electron chi connectivity index (χ0n) is 6.43. The summed E-state index contributed by atoms with van der Waals surface area (Å²) in [5.41, 5.74) is 0. The lowest BCUT2D eigenvalue weighted by Gasteiger charge is -1.98. The number of hydrogen-bond acceptors (Lipinski definition) is 3. The number of alkyl halides is 1. The highest BCUT2D eigenvalue weighted by Gasteiger charge is 2.08. The van der Waals surface area contributed by atoms with E-state index in [4.69, 9.17) is 0 Å². The van der Waals surface area contributed by atoms with E-state index >= 15 is 0 Å². The predicted octanol–water partition coefficient (Wildman–Crippen LogP) is 0.868. The van der Waals surface area contributed by atoms with E-state index in [1.165, 1.54) is 0 Å². The lowest BCUT2D eigenvalue weighted by atomic mass is 10.2. The molecule has 0 radical (unpaired) electrons. The molecule has 0 aromatic heterocycles. The van der Waals surface area contributed by atoms with Gasteiger partial charge in [0.1, 0.15) is 12.2 Å². The fourth-order valence-electron chi connectivity index (χ4n) is 0.567. The summed E-state index contributed by atoms with van der Waals surface area (Å²) in [4.78, 5) is 21.2. The van der Waals surface area contributed by atoms with Crippen molar-refractivity contribution in [2.24, 2.45) is 0 Å². The number of Topliss-reactive ketones (excluding diaryl/α,β-unsaturated/α-hetero) is 1. The van der Waals surface area contributed by atoms with Gasteiger partial charge in [0, 0.05) is 6.42 Å². The fraction of sp³-hybridized carbons (Fsp3) is 0.714. The Morgan fingerprint density at radius 2 is 2.09 bits per heavy atom. The van der Waals surface area contributed by atoms with Crippen molar-refractivity contribution in [2.75, 3.05) is 13.3 Å². The van der Waals surface area contributed by atoms with Gasteiger partial charge in [-0.1, -0.05) is 0 Å². The number of ether oxygens (including phenoxy) is 1. The molecule has 0 atom stereocenters. The molecular weight excluding hydrogens is 151 g/mol. The predicted molar refractivity (Wildman–Crippen MR) is 36.8 cm³/mol. The number of ketones is 1. The zero-order valence-corrected chi connectivity index (χ0v) is 6.43. The lowest BCUT2D eigenvalue weighted by Crippen LogP contribution is -2.11. The van der Waals surface area contributed by atoms with E-state index in [2.05, 4.69) is 4.74 Å². The second kappa shape index (κ2) is 5.82.